The lowest BCUT2D eigenvalue weighted by molar-refractivity contribution is -0.114. The Kier molecular flexibility index (Phi) is 10.0. The molecule has 1 aliphatic rings. The van der Waals surface area contributed by atoms with Crippen LogP contribution in [0.25, 0.3) is 11.5 Å². The lowest BCUT2D eigenvalue weighted by atomic mass is 9.90. The first-order chi connectivity index (χ1) is 18.8. The molecule has 2 N–H and O–H groups in total. The molecule has 0 unspecified atom stereocenters. The van der Waals surface area contributed by atoms with Gasteiger partial charge in [0.1, 0.15) is 11.5 Å². The third-order valence-corrected chi connectivity index (χ3v) is 7.58. The molecule has 0 spiro atoms. The van der Waals surface area contributed by atoms with Crippen molar-refractivity contribution < 1.29 is 19.8 Å². The summed E-state index contributed by atoms with van der Waals surface area (Å²) in [6.45, 7) is 14.5. The van der Waals surface area contributed by atoms with Crippen LogP contribution in [0, 0.1) is 41.5 Å². The van der Waals surface area contributed by atoms with Gasteiger partial charge in [-0.15, -0.1) is 0 Å². The van der Waals surface area contributed by atoms with Gasteiger partial charge in [0.2, 0.25) is 0 Å². The molecule has 6 nitrogen and oxygen atoms in total. The quantitative estimate of drug-likeness (QED) is 0.206. The Morgan fingerprint density at radius 2 is 0.950 bits per heavy atom. The Morgan fingerprint density at radius 3 is 1.23 bits per heavy atom. The second-order valence-electron chi connectivity index (χ2n) is 11.2. The molecular formula is C34H42N2O4. The van der Waals surface area contributed by atoms with E-state index in [0.717, 1.165) is 59.1 Å². The summed E-state index contributed by atoms with van der Waals surface area (Å²) in [5, 5.41) is 22.3. The number of aliphatic imine (C=N–C) groups is 2. The maximum atomic E-state index is 12.6. The van der Waals surface area contributed by atoms with E-state index in [9.17, 15) is 19.8 Å². The Hall–Kier alpha value is -3.80. The molecule has 0 amide bonds. The van der Waals surface area contributed by atoms with Crippen molar-refractivity contribution >= 4 is 35.5 Å². The highest BCUT2D eigenvalue weighted by Gasteiger charge is 2.25. The van der Waals surface area contributed by atoms with E-state index in [4.69, 9.17) is 9.98 Å². The average Bonchev–Trinajstić information content (AvgIpc) is 2.83. The van der Waals surface area contributed by atoms with E-state index in [2.05, 4.69) is 0 Å². The Labute approximate surface area is 238 Å². The van der Waals surface area contributed by atoms with Crippen LogP contribution < -0.4 is 0 Å². The zero-order valence-corrected chi connectivity index (χ0v) is 25.1. The lowest BCUT2D eigenvalue weighted by Crippen LogP contribution is -2.27. The van der Waals surface area contributed by atoms with Crippen molar-refractivity contribution in [2.24, 2.45) is 9.98 Å². The highest BCUT2D eigenvalue weighted by Crippen LogP contribution is 2.29. The minimum Gasteiger partial charge on any atom is -0.506 e. The molecule has 0 aliphatic heterocycles. The van der Waals surface area contributed by atoms with E-state index in [1.807, 2.05) is 65.8 Å². The molecule has 2 aromatic carbocycles. The number of aliphatic hydroxyl groups excluding tert-OH is 2. The predicted molar refractivity (Wildman–Crippen MR) is 165 cm³/mol. The standard InChI is InChI=1S/C34H42N2O4/c1-19-13-21(3)31(22(4)14-19)33(39)27(25(7)37)17-35-29-11-9-10-12-30(29)36-18-28(26(8)38)34(40)32-23(5)15-20(2)16-24(32)6/h13-18,29-30,39-40H,9-12H2,1-8H3/t29-,30-/m1/s1. The van der Waals surface area contributed by atoms with Gasteiger partial charge in [0.05, 0.1) is 23.2 Å². The van der Waals surface area contributed by atoms with Crippen molar-refractivity contribution in [3.05, 3.63) is 79.9 Å². The molecule has 0 saturated heterocycles. The molecule has 212 valence electrons. The maximum Gasteiger partial charge on any atom is 0.165 e. The van der Waals surface area contributed by atoms with Crippen molar-refractivity contribution in [1.82, 2.24) is 0 Å². The van der Waals surface area contributed by atoms with Gasteiger partial charge in [0, 0.05) is 23.6 Å². The summed E-state index contributed by atoms with van der Waals surface area (Å²) in [4.78, 5) is 34.6. The fraction of sp³-hybridized carbons (Fsp3) is 0.412. The topological polar surface area (TPSA) is 99.3 Å². The fourth-order valence-electron chi connectivity index (χ4n) is 5.79. The van der Waals surface area contributed by atoms with Crippen LogP contribution in [0.2, 0.25) is 0 Å². The van der Waals surface area contributed by atoms with Crippen LogP contribution in [0.5, 0.6) is 0 Å². The van der Waals surface area contributed by atoms with Gasteiger partial charge in [0.25, 0.3) is 0 Å². The summed E-state index contributed by atoms with van der Waals surface area (Å²) in [5.74, 6) is -0.686. The highest BCUT2D eigenvalue weighted by atomic mass is 16.3. The summed E-state index contributed by atoms with van der Waals surface area (Å²) in [5.41, 5.74) is 7.37. The third kappa shape index (κ3) is 7.04. The van der Waals surface area contributed by atoms with E-state index < -0.39 is 0 Å². The number of Topliss-reactive ketones (excluding diaryl/α,β-unsaturated/α-hetero) is 2. The van der Waals surface area contributed by atoms with Crippen LogP contribution in [0.15, 0.2) is 45.4 Å². The second-order valence-corrected chi connectivity index (χ2v) is 11.2. The molecule has 0 heterocycles. The van der Waals surface area contributed by atoms with E-state index in [0.29, 0.717) is 11.1 Å². The van der Waals surface area contributed by atoms with Crippen LogP contribution in [-0.2, 0) is 9.59 Å². The van der Waals surface area contributed by atoms with Gasteiger partial charge < -0.3 is 10.2 Å². The molecule has 3 rings (SSSR count). The first kappa shape index (κ1) is 30.7. The van der Waals surface area contributed by atoms with Crippen molar-refractivity contribution in [3.8, 4) is 0 Å². The number of hydrogen-bond acceptors (Lipinski definition) is 6. The Morgan fingerprint density at radius 1 is 0.650 bits per heavy atom. The molecule has 1 saturated carbocycles. The number of carbonyl (C=O) groups excluding carboxylic acids is 2. The number of nitrogens with zero attached hydrogens (tertiary/aromatic N) is 2. The van der Waals surface area contributed by atoms with Gasteiger partial charge >= 0.3 is 0 Å². The number of hydrogen-bond donors (Lipinski definition) is 2. The predicted octanol–water partition coefficient (Wildman–Crippen LogP) is 7.41. The van der Waals surface area contributed by atoms with E-state index in [1.54, 1.807) is 0 Å². The van der Waals surface area contributed by atoms with Crippen molar-refractivity contribution in [2.75, 3.05) is 0 Å². The monoisotopic (exact) mass is 542 g/mol. The Balaban J connectivity index is 1.98. The van der Waals surface area contributed by atoms with Crippen LogP contribution >= 0.6 is 0 Å². The molecule has 0 bridgehead atoms. The maximum absolute atomic E-state index is 12.6. The summed E-state index contributed by atoms with van der Waals surface area (Å²) in [6, 6.07) is 7.49. The van der Waals surface area contributed by atoms with E-state index >= 15 is 0 Å². The van der Waals surface area contributed by atoms with E-state index in [1.165, 1.54) is 26.3 Å². The molecule has 0 radical (unpaired) electrons. The molecule has 0 aromatic heterocycles. The van der Waals surface area contributed by atoms with Crippen molar-refractivity contribution in [2.45, 2.75) is 93.2 Å². The highest BCUT2D eigenvalue weighted by molar-refractivity contribution is 6.18. The summed E-state index contributed by atoms with van der Waals surface area (Å²) in [6.07, 6.45) is 6.44. The normalized spacial score (nSPS) is 19.1. The van der Waals surface area contributed by atoms with Gasteiger partial charge in [-0.1, -0.05) is 48.2 Å². The zero-order valence-electron chi connectivity index (χ0n) is 25.1. The summed E-state index contributed by atoms with van der Waals surface area (Å²) < 4.78 is 0. The largest absolute Gasteiger partial charge is 0.506 e. The molecule has 2 aromatic rings. The van der Waals surface area contributed by atoms with E-state index in [-0.39, 0.29) is 46.3 Å². The van der Waals surface area contributed by atoms with Crippen LogP contribution in [-0.4, -0.2) is 46.3 Å². The first-order valence-corrected chi connectivity index (χ1v) is 13.9. The van der Waals surface area contributed by atoms with Gasteiger partial charge in [-0.2, -0.15) is 0 Å². The summed E-state index contributed by atoms with van der Waals surface area (Å²) in [7, 11) is 0. The smallest absolute Gasteiger partial charge is 0.165 e. The number of aryl methyl sites for hydroxylation is 6. The molecular weight excluding hydrogens is 500 g/mol. The van der Waals surface area contributed by atoms with Gasteiger partial charge in [0.15, 0.2) is 11.6 Å². The van der Waals surface area contributed by atoms with Gasteiger partial charge in [-0.3, -0.25) is 19.6 Å². The first-order valence-electron chi connectivity index (χ1n) is 13.9. The molecule has 6 heteroatoms. The number of aliphatic hydroxyl groups is 2. The minimum absolute atomic E-state index is 0.0716. The van der Waals surface area contributed by atoms with Crippen LogP contribution in [0.1, 0.15) is 84.0 Å². The van der Waals surface area contributed by atoms with Crippen molar-refractivity contribution in [1.29, 1.82) is 0 Å². The molecule has 1 aliphatic carbocycles. The van der Waals surface area contributed by atoms with Gasteiger partial charge in [-0.25, -0.2) is 0 Å². The van der Waals surface area contributed by atoms with Crippen LogP contribution in [0.4, 0.5) is 0 Å². The number of ketones is 2. The summed E-state index contributed by atoms with van der Waals surface area (Å²) >= 11 is 0. The number of benzene rings is 2. The number of rotatable bonds is 8. The zero-order chi connectivity index (χ0) is 29.7. The molecule has 2 atom stereocenters. The number of allylic oxidation sites excluding steroid dienone is 2. The fourth-order valence-corrected chi connectivity index (χ4v) is 5.79. The lowest BCUT2D eigenvalue weighted by Gasteiger charge is -2.25. The van der Waals surface area contributed by atoms with Crippen molar-refractivity contribution in [3.63, 3.8) is 0 Å². The minimum atomic E-state index is -0.271. The average molecular weight is 543 g/mol. The van der Waals surface area contributed by atoms with Gasteiger partial charge in [-0.05, 0) is 90.5 Å². The molecule has 1 fully saturated rings. The number of carbonyl (C=O) groups is 2. The SMILES string of the molecule is CC(=O)C(C=N[C@@H]1CCCC[C@H]1N=CC(C(C)=O)=C(O)c1c(C)cc(C)cc1C)=C(O)c1c(C)cc(C)cc1C. The second kappa shape index (κ2) is 13.0. The third-order valence-electron chi connectivity index (χ3n) is 7.58. The molecule has 40 heavy (non-hydrogen) atoms. The Bertz CT molecular complexity index is 1290. The van der Waals surface area contributed by atoms with Crippen LogP contribution in [0.3, 0.4) is 0 Å².